The number of hydrogen-bond acceptors (Lipinski definition) is 4. The molecule has 1 saturated heterocycles. The lowest BCUT2D eigenvalue weighted by molar-refractivity contribution is 0.0717. The Morgan fingerprint density at radius 2 is 2.33 bits per heavy atom. The topological polar surface area (TPSA) is 28.2 Å². The van der Waals surface area contributed by atoms with E-state index < -0.39 is 0 Å². The fraction of sp³-hybridized carbons (Fsp3) is 0.786. The van der Waals surface area contributed by atoms with Crippen molar-refractivity contribution in [1.29, 1.82) is 0 Å². The molecule has 1 unspecified atom stereocenters. The maximum absolute atomic E-state index is 4.45. The zero-order chi connectivity index (χ0) is 12.4. The molecule has 1 aliphatic carbocycles. The molecular weight excluding hydrogens is 242 g/mol. The standard InChI is InChI=1S/C14H23N3S/c1-2-12-9-16-14(5-3-4-6-14)11-17(12)10-13-15-7-8-18-13/h7-8,12,16H,2-6,9-11H2,1H3. The van der Waals surface area contributed by atoms with Gasteiger partial charge < -0.3 is 5.32 Å². The molecule has 1 N–H and O–H groups in total. The second kappa shape index (κ2) is 5.27. The van der Waals surface area contributed by atoms with Crippen LogP contribution in [0.15, 0.2) is 11.6 Å². The quantitative estimate of drug-likeness (QED) is 0.910. The maximum atomic E-state index is 4.45. The average Bonchev–Trinajstić information content (AvgIpc) is 3.02. The van der Waals surface area contributed by atoms with E-state index in [-0.39, 0.29) is 0 Å². The predicted octanol–water partition coefficient (Wildman–Crippen LogP) is 2.64. The fourth-order valence-electron chi connectivity index (χ4n) is 3.52. The summed E-state index contributed by atoms with van der Waals surface area (Å²) in [6.45, 7) is 5.71. The van der Waals surface area contributed by atoms with Crippen LogP contribution >= 0.6 is 11.3 Å². The van der Waals surface area contributed by atoms with Crippen LogP contribution in [0.3, 0.4) is 0 Å². The molecule has 0 aromatic carbocycles. The molecule has 0 bridgehead atoms. The molecule has 1 aromatic heterocycles. The summed E-state index contributed by atoms with van der Waals surface area (Å²) in [4.78, 5) is 7.12. The van der Waals surface area contributed by atoms with E-state index >= 15 is 0 Å². The molecule has 1 atom stereocenters. The smallest absolute Gasteiger partial charge is 0.107 e. The molecule has 18 heavy (non-hydrogen) atoms. The van der Waals surface area contributed by atoms with Crippen molar-refractivity contribution < 1.29 is 0 Å². The molecule has 0 amide bonds. The van der Waals surface area contributed by atoms with Crippen molar-refractivity contribution >= 4 is 11.3 Å². The third-order valence-electron chi connectivity index (χ3n) is 4.59. The number of piperazine rings is 1. The van der Waals surface area contributed by atoms with Crippen molar-refractivity contribution in [3.8, 4) is 0 Å². The van der Waals surface area contributed by atoms with Gasteiger partial charge in [0.15, 0.2) is 0 Å². The SMILES string of the molecule is CCC1CNC2(CCCC2)CN1Cc1nccs1. The summed E-state index contributed by atoms with van der Waals surface area (Å²) in [5, 5.41) is 7.20. The molecule has 1 aliphatic heterocycles. The van der Waals surface area contributed by atoms with Gasteiger partial charge in [0.1, 0.15) is 5.01 Å². The van der Waals surface area contributed by atoms with Crippen molar-refractivity contribution in [2.45, 2.75) is 57.2 Å². The van der Waals surface area contributed by atoms with E-state index in [4.69, 9.17) is 0 Å². The molecular formula is C14H23N3S. The zero-order valence-corrected chi connectivity index (χ0v) is 12.0. The summed E-state index contributed by atoms with van der Waals surface area (Å²) in [5.41, 5.74) is 0.420. The largest absolute Gasteiger partial charge is 0.308 e. The van der Waals surface area contributed by atoms with E-state index in [2.05, 4.69) is 27.5 Å². The molecule has 100 valence electrons. The first-order valence-electron chi connectivity index (χ1n) is 7.19. The molecule has 3 rings (SSSR count). The van der Waals surface area contributed by atoms with Crippen LogP contribution in [0.4, 0.5) is 0 Å². The zero-order valence-electron chi connectivity index (χ0n) is 11.2. The minimum atomic E-state index is 0.420. The Labute approximate surface area is 114 Å². The lowest BCUT2D eigenvalue weighted by Crippen LogP contribution is -2.62. The Hall–Kier alpha value is -0.450. The first-order chi connectivity index (χ1) is 8.81. The molecule has 1 spiro atoms. The highest BCUT2D eigenvalue weighted by molar-refractivity contribution is 7.09. The first kappa shape index (κ1) is 12.6. The van der Waals surface area contributed by atoms with Crippen molar-refractivity contribution in [2.24, 2.45) is 0 Å². The lowest BCUT2D eigenvalue weighted by Gasteiger charge is -2.46. The Bertz CT molecular complexity index is 370. The predicted molar refractivity (Wildman–Crippen MR) is 75.8 cm³/mol. The highest BCUT2D eigenvalue weighted by Crippen LogP contribution is 2.34. The second-order valence-electron chi connectivity index (χ2n) is 5.76. The minimum absolute atomic E-state index is 0.420. The molecule has 2 fully saturated rings. The molecule has 1 aromatic rings. The van der Waals surface area contributed by atoms with Crippen LogP contribution in [-0.4, -0.2) is 34.6 Å². The Kier molecular flexibility index (Phi) is 3.68. The maximum Gasteiger partial charge on any atom is 0.107 e. The molecule has 1 saturated carbocycles. The van der Waals surface area contributed by atoms with Crippen LogP contribution < -0.4 is 5.32 Å². The molecule has 4 heteroatoms. The summed E-state index contributed by atoms with van der Waals surface area (Å²) in [5.74, 6) is 0. The average molecular weight is 265 g/mol. The van der Waals surface area contributed by atoms with E-state index in [1.165, 1.54) is 43.7 Å². The highest BCUT2D eigenvalue weighted by Gasteiger charge is 2.40. The van der Waals surface area contributed by atoms with Crippen LogP contribution in [0.5, 0.6) is 0 Å². The van der Waals surface area contributed by atoms with Crippen molar-refractivity contribution in [1.82, 2.24) is 15.2 Å². The van der Waals surface area contributed by atoms with Crippen molar-refractivity contribution in [3.05, 3.63) is 16.6 Å². The Morgan fingerprint density at radius 3 is 3.00 bits per heavy atom. The fourth-order valence-corrected chi connectivity index (χ4v) is 4.16. The molecule has 0 radical (unpaired) electrons. The lowest BCUT2D eigenvalue weighted by atomic mass is 9.91. The van der Waals surface area contributed by atoms with Gasteiger partial charge in [-0.1, -0.05) is 19.8 Å². The van der Waals surface area contributed by atoms with Gasteiger partial charge >= 0.3 is 0 Å². The monoisotopic (exact) mass is 265 g/mol. The third kappa shape index (κ3) is 2.46. The first-order valence-corrected chi connectivity index (χ1v) is 8.07. The van der Waals surface area contributed by atoms with E-state index in [0.29, 0.717) is 11.6 Å². The summed E-state index contributed by atoms with van der Waals surface area (Å²) in [6.07, 6.45) is 8.67. The molecule has 3 nitrogen and oxygen atoms in total. The van der Waals surface area contributed by atoms with Gasteiger partial charge in [0.05, 0.1) is 6.54 Å². The summed E-state index contributed by atoms with van der Waals surface area (Å²) in [6, 6.07) is 0.681. The summed E-state index contributed by atoms with van der Waals surface area (Å²) < 4.78 is 0. The number of nitrogens with one attached hydrogen (secondary N) is 1. The minimum Gasteiger partial charge on any atom is -0.308 e. The van der Waals surface area contributed by atoms with Crippen LogP contribution in [0.2, 0.25) is 0 Å². The highest BCUT2D eigenvalue weighted by atomic mass is 32.1. The molecule has 2 aliphatic rings. The van der Waals surface area contributed by atoms with Gasteiger partial charge in [-0.3, -0.25) is 4.90 Å². The van der Waals surface area contributed by atoms with Gasteiger partial charge in [-0.2, -0.15) is 0 Å². The second-order valence-corrected chi connectivity index (χ2v) is 6.74. The van der Waals surface area contributed by atoms with Gasteiger partial charge in [-0.05, 0) is 19.3 Å². The van der Waals surface area contributed by atoms with E-state index in [1.54, 1.807) is 11.3 Å². The third-order valence-corrected chi connectivity index (χ3v) is 5.35. The Balaban J connectivity index is 1.71. The number of thiazole rings is 1. The normalized spacial score (nSPS) is 27.9. The number of aromatic nitrogens is 1. The van der Waals surface area contributed by atoms with E-state index in [9.17, 15) is 0 Å². The van der Waals surface area contributed by atoms with Crippen molar-refractivity contribution in [3.63, 3.8) is 0 Å². The number of rotatable bonds is 3. The van der Waals surface area contributed by atoms with Crippen LogP contribution in [0, 0.1) is 0 Å². The van der Waals surface area contributed by atoms with Gasteiger partial charge in [-0.25, -0.2) is 4.98 Å². The van der Waals surface area contributed by atoms with Gasteiger partial charge in [0, 0.05) is 36.2 Å². The Morgan fingerprint density at radius 1 is 1.50 bits per heavy atom. The summed E-state index contributed by atoms with van der Waals surface area (Å²) >= 11 is 1.79. The van der Waals surface area contributed by atoms with Gasteiger partial charge in [-0.15, -0.1) is 11.3 Å². The number of nitrogens with zero attached hydrogens (tertiary/aromatic N) is 2. The van der Waals surface area contributed by atoms with E-state index in [1.807, 2.05) is 6.20 Å². The molecule has 2 heterocycles. The van der Waals surface area contributed by atoms with Crippen LogP contribution in [0.1, 0.15) is 44.0 Å². The number of hydrogen-bond donors (Lipinski definition) is 1. The van der Waals surface area contributed by atoms with Crippen molar-refractivity contribution in [2.75, 3.05) is 13.1 Å². The van der Waals surface area contributed by atoms with Crippen LogP contribution in [0.25, 0.3) is 0 Å². The van der Waals surface area contributed by atoms with E-state index in [0.717, 1.165) is 13.1 Å². The summed E-state index contributed by atoms with van der Waals surface area (Å²) in [7, 11) is 0. The van der Waals surface area contributed by atoms with Gasteiger partial charge in [0.2, 0.25) is 0 Å². The van der Waals surface area contributed by atoms with Gasteiger partial charge in [0.25, 0.3) is 0 Å². The van der Waals surface area contributed by atoms with Crippen LogP contribution in [-0.2, 0) is 6.54 Å².